The van der Waals surface area contributed by atoms with E-state index in [0.29, 0.717) is 11.4 Å². The number of benzene rings is 1. The highest BCUT2D eigenvalue weighted by atomic mass is 35.5. The van der Waals surface area contributed by atoms with Gasteiger partial charge in [0.25, 0.3) is 0 Å². The van der Waals surface area contributed by atoms with Crippen molar-refractivity contribution in [2.45, 2.75) is 37.0 Å². The first-order chi connectivity index (χ1) is 12.2. The van der Waals surface area contributed by atoms with Crippen molar-refractivity contribution in [3.8, 4) is 0 Å². The lowest BCUT2D eigenvalue weighted by Gasteiger charge is -2.13. The van der Waals surface area contributed by atoms with Gasteiger partial charge in [0.2, 0.25) is 0 Å². The minimum absolute atomic E-state index is 0.160. The molecule has 0 saturated carbocycles. The summed E-state index contributed by atoms with van der Waals surface area (Å²) in [5, 5.41) is 5.18. The van der Waals surface area contributed by atoms with Gasteiger partial charge in [-0.25, -0.2) is 9.97 Å². The van der Waals surface area contributed by atoms with Crippen molar-refractivity contribution in [3.05, 3.63) is 40.3 Å². The van der Waals surface area contributed by atoms with Crippen LogP contribution in [0, 0.1) is 0 Å². The average molecular weight is 371 g/mol. The average Bonchev–Trinajstić information content (AvgIpc) is 3.14. The highest BCUT2D eigenvalue weighted by Crippen LogP contribution is 2.40. The molecule has 0 radical (unpaired) electrons. The van der Waals surface area contributed by atoms with E-state index in [2.05, 4.69) is 20.3 Å². The zero-order chi connectivity index (χ0) is 17.0. The molecule has 5 rings (SSSR count). The predicted octanol–water partition coefficient (Wildman–Crippen LogP) is 4.41. The van der Waals surface area contributed by atoms with Crippen molar-refractivity contribution in [2.24, 2.45) is 0 Å². The molecule has 0 unspecified atom stereocenters. The van der Waals surface area contributed by atoms with Gasteiger partial charge in [0.05, 0.1) is 16.1 Å². The minimum Gasteiger partial charge on any atom is -0.343 e. The van der Waals surface area contributed by atoms with E-state index in [-0.39, 0.29) is 5.12 Å². The second kappa shape index (κ2) is 5.75. The van der Waals surface area contributed by atoms with Crippen molar-refractivity contribution in [2.75, 3.05) is 5.32 Å². The highest BCUT2D eigenvalue weighted by molar-refractivity contribution is 8.14. The van der Waals surface area contributed by atoms with Gasteiger partial charge in [-0.1, -0.05) is 23.4 Å². The lowest BCUT2D eigenvalue weighted by atomic mass is 9.96. The van der Waals surface area contributed by atoms with Gasteiger partial charge in [0, 0.05) is 17.0 Å². The van der Waals surface area contributed by atoms with Gasteiger partial charge < -0.3 is 10.3 Å². The molecular formula is C18H15ClN4OS. The van der Waals surface area contributed by atoms with Crippen LogP contribution < -0.4 is 5.32 Å². The standard InChI is InChI=1S/C18H15ClN4OS/c19-11-5-9-6-15(24)25-14(9)7-13(11)23-18-16-10-3-1-2-4-12(10)22-17(16)20-8-21-18/h5,7-8H,1-4,6H2,(H2,20,21,22,23). The summed E-state index contributed by atoms with van der Waals surface area (Å²) in [4.78, 5) is 24.9. The maximum Gasteiger partial charge on any atom is 0.198 e. The molecule has 7 heteroatoms. The van der Waals surface area contributed by atoms with Crippen molar-refractivity contribution in [1.29, 1.82) is 0 Å². The fourth-order valence-electron chi connectivity index (χ4n) is 3.69. The van der Waals surface area contributed by atoms with E-state index < -0.39 is 0 Å². The number of fused-ring (bicyclic) bond motifs is 4. The molecule has 0 fully saturated rings. The van der Waals surface area contributed by atoms with Crippen molar-refractivity contribution >= 4 is 51.0 Å². The van der Waals surface area contributed by atoms with Crippen LogP contribution in [-0.2, 0) is 24.1 Å². The van der Waals surface area contributed by atoms with E-state index in [1.54, 1.807) is 6.33 Å². The largest absolute Gasteiger partial charge is 0.343 e. The predicted molar refractivity (Wildman–Crippen MR) is 99.8 cm³/mol. The molecule has 1 aliphatic heterocycles. The number of thioether (sulfide) groups is 1. The van der Waals surface area contributed by atoms with Crippen molar-refractivity contribution < 1.29 is 4.79 Å². The molecule has 3 aromatic rings. The Kier molecular flexibility index (Phi) is 3.50. The van der Waals surface area contributed by atoms with Gasteiger partial charge in [-0.2, -0.15) is 0 Å². The third-order valence-corrected chi connectivity index (χ3v) is 6.13. The van der Waals surface area contributed by atoms with Crippen molar-refractivity contribution in [3.63, 3.8) is 0 Å². The van der Waals surface area contributed by atoms with Crippen LogP contribution in [-0.4, -0.2) is 20.1 Å². The smallest absolute Gasteiger partial charge is 0.198 e. The topological polar surface area (TPSA) is 70.7 Å². The Balaban J connectivity index is 1.60. The van der Waals surface area contributed by atoms with Crippen LogP contribution in [0.4, 0.5) is 11.5 Å². The van der Waals surface area contributed by atoms with Gasteiger partial charge in [0.1, 0.15) is 17.8 Å². The summed E-state index contributed by atoms with van der Waals surface area (Å²) in [6.45, 7) is 0. The molecule has 1 aliphatic carbocycles. The molecule has 1 aromatic carbocycles. The molecule has 2 N–H and O–H groups in total. The normalized spacial score (nSPS) is 16.1. The van der Waals surface area contributed by atoms with Gasteiger partial charge in [-0.05, 0) is 48.9 Å². The van der Waals surface area contributed by atoms with E-state index in [1.165, 1.54) is 35.9 Å². The van der Waals surface area contributed by atoms with E-state index >= 15 is 0 Å². The monoisotopic (exact) mass is 370 g/mol. The minimum atomic E-state index is 0.160. The van der Waals surface area contributed by atoms with Crippen LogP contribution in [0.1, 0.15) is 29.7 Å². The number of carbonyl (C=O) groups excluding carboxylic acids is 1. The molecule has 0 bridgehead atoms. The summed E-state index contributed by atoms with van der Waals surface area (Å²) < 4.78 is 0. The zero-order valence-corrected chi connectivity index (χ0v) is 14.9. The second-order valence-corrected chi connectivity index (χ2v) is 7.96. The fourth-order valence-corrected chi connectivity index (χ4v) is 4.83. The summed E-state index contributed by atoms with van der Waals surface area (Å²) in [6, 6.07) is 3.82. The van der Waals surface area contributed by atoms with Crippen LogP contribution in [0.15, 0.2) is 23.4 Å². The van der Waals surface area contributed by atoms with Crippen LogP contribution >= 0.6 is 23.4 Å². The first-order valence-corrected chi connectivity index (χ1v) is 9.53. The van der Waals surface area contributed by atoms with E-state index in [9.17, 15) is 4.79 Å². The number of carbonyl (C=O) groups is 1. The number of H-pyrrole nitrogens is 1. The summed E-state index contributed by atoms with van der Waals surface area (Å²) in [6.07, 6.45) is 6.50. The van der Waals surface area contributed by atoms with Gasteiger partial charge in [-0.3, -0.25) is 4.79 Å². The van der Waals surface area contributed by atoms with Crippen LogP contribution in [0.3, 0.4) is 0 Å². The Labute approximate surface area is 153 Å². The molecule has 2 aliphatic rings. The number of aryl methyl sites for hydroxylation is 2. The Bertz CT molecular complexity index is 1030. The summed E-state index contributed by atoms with van der Waals surface area (Å²) in [7, 11) is 0. The number of aromatic nitrogens is 3. The Morgan fingerprint density at radius 2 is 2.08 bits per heavy atom. The molecule has 5 nitrogen and oxygen atoms in total. The van der Waals surface area contributed by atoms with Gasteiger partial charge in [-0.15, -0.1) is 0 Å². The Morgan fingerprint density at radius 3 is 3.00 bits per heavy atom. The van der Waals surface area contributed by atoms with E-state index in [4.69, 9.17) is 11.6 Å². The number of rotatable bonds is 2. The van der Waals surface area contributed by atoms with Crippen LogP contribution in [0.25, 0.3) is 11.0 Å². The Hall–Kier alpha value is -2.05. The highest BCUT2D eigenvalue weighted by Gasteiger charge is 2.23. The van der Waals surface area contributed by atoms with Gasteiger partial charge in [0.15, 0.2) is 5.12 Å². The molecule has 0 saturated heterocycles. The quantitative estimate of drug-likeness (QED) is 0.699. The molecule has 3 heterocycles. The zero-order valence-electron chi connectivity index (χ0n) is 13.4. The molecule has 126 valence electrons. The molecule has 25 heavy (non-hydrogen) atoms. The number of aromatic amines is 1. The summed E-state index contributed by atoms with van der Waals surface area (Å²) in [5.41, 5.74) is 5.22. The second-order valence-electron chi connectivity index (χ2n) is 6.45. The number of hydrogen-bond acceptors (Lipinski definition) is 5. The number of anilines is 2. The molecule has 2 aromatic heterocycles. The molecule has 0 spiro atoms. The lowest BCUT2D eigenvalue weighted by Crippen LogP contribution is -2.02. The SMILES string of the molecule is O=C1Cc2cc(Cl)c(Nc3ncnc4[nH]c5c(c34)CCCC5)cc2S1. The van der Waals surface area contributed by atoms with E-state index in [0.717, 1.165) is 45.8 Å². The third-order valence-electron chi connectivity index (χ3n) is 4.85. The van der Waals surface area contributed by atoms with Gasteiger partial charge >= 0.3 is 0 Å². The Morgan fingerprint density at radius 1 is 1.20 bits per heavy atom. The van der Waals surface area contributed by atoms with Crippen LogP contribution in [0.2, 0.25) is 5.02 Å². The van der Waals surface area contributed by atoms with Crippen LogP contribution in [0.5, 0.6) is 0 Å². The van der Waals surface area contributed by atoms with E-state index in [1.807, 2.05) is 12.1 Å². The van der Waals surface area contributed by atoms with Crippen molar-refractivity contribution in [1.82, 2.24) is 15.0 Å². The first kappa shape index (κ1) is 15.2. The summed E-state index contributed by atoms with van der Waals surface area (Å²) >= 11 is 7.72. The summed E-state index contributed by atoms with van der Waals surface area (Å²) in [5.74, 6) is 0.764. The number of hydrogen-bond donors (Lipinski definition) is 2. The number of nitrogens with zero attached hydrogens (tertiary/aromatic N) is 2. The molecule has 0 atom stereocenters. The fraction of sp³-hybridized carbons (Fsp3) is 0.278. The maximum atomic E-state index is 11.7. The molecular weight excluding hydrogens is 356 g/mol. The lowest BCUT2D eigenvalue weighted by molar-refractivity contribution is -0.110. The first-order valence-electron chi connectivity index (χ1n) is 8.33. The number of halogens is 1. The maximum absolute atomic E-state index is 11.7. The molecule has 0 amide bonds. The number of nitrogens with one attached hydrogen (secondary N) is 2. The third kappa shape index (κ3) is 2.51.